The van der Waals surface area contributed by atoms with Crippen molar-refractivity contribution in [2.45, 2.75) is 19.8 Å². The highest BCUT2D eigenvalue weighted by molar-refractivity contribution is 5.37. The molecule has 0 fully saturated rings. The van der Waals surface area contributed by atoms with Gasteiger partial charge < -0.3 is 24.8 Å². The van der Waals surface area contributed by atoms with E-state index in [0.29, 0.717) is 17.2 Å². The van der Waals surface area contributed by atoms with E-state index in [9.17, 15) is 5.11 Å². The van der Waals surface area contributed by atoms with Gasteiger partial charge in [0.15, 0.2) is 11.5 Å². The van der Waals surface area contributed by atoms with Gasteiger partial charge in [-0.25, -0.2) is 0 Å². The molecule has 0 saturated carbocycles. The quantitative estimate of drug-likeness (QED) is 0.580. The summed E-state index contributed by atoms with van der Waals surface area (Å²) in [5.74, 6) is 2.02. The van der Waals surface area contributed by atoms with E-state index in [0.717, 1.165) is 18.4 Å². The number of hydrogen-bond acceptors (Lipinski definition) is 5. The molecule has 0 amide bonds. The molecule has 3 aromatic rings. The van der Waals surface area contributed by atoms with E-state index < -0.39 is 0 Å². The zero-order valence-electron chi connectivity index (χ0n) is 16.5. The van der Waals surface area contributed by atoms with E-state index >= 15 is 0 Å². The van der Waals surface area contributed by atoms with Crippen LogP contribution in [0.15, 0.2) is 72.8 Å². The number of para-hydroxylation sites is 3. The standard InChI is InChI=1S/C9H12O.2C7H8O2/c1-2-5-8-6-3-4-7-9(8)10;1-9-7-4-2-3-6(8)5-7;1-9-7-5-3-2-4-6(7)8/h3-4,6-7,10H,2,5H2,1H3;2*2-5,8H,1H3. The van der Waals surface area contributed by atoms with Crippen LogP contribution in [0.1, 0.15) is 18.9 Å². The molecule has 3 rings (SSSR count). The maximum atomic E-state index is 9.24. The molecule has 0 unspecified atom stereocenters. The Bertz CT molecular complexity index is 817. The van der Waals surface area contributed by atoms with Crippen LogP contribution in [0.5, 0.6) is 28.7 Å². The molecular formula is C23H28O5. The second kappa shape index (κ2) is 12.9. The van der Waals surface area contributed by atoms with Gasteiger partial charge in [-0.1, -0.05) is 49.7 Å². The van der Waals surface area contributed by atoms with E-state index in [4.69, 9.17) is 19.7 Å². The van der Waals surface area contributed by atoms with E-state index in [1.807, 2.05) is 18.2 Å². The molecule has 0 radical (unpaired) electrons. The van der Waals surface area contributed by atoms with Gasteiger partial charge in [-0.3, -0.25) is 0 Å². The number of phenols is 3. The fraction of sp³-hybridized carbons (Fsp3) is 0.217. The molecule has 0 aliphatic carbocycles. The third kappa shape index (κ3) is 8.36. The molecule has 5 heteroatoms. The van der Waals surface area contributed by atoms with Gasteiger partial charge in [0.25, 0.3) is 0 Å². The first-order chi connectivity index (χ1) is 13.5. The summed E-state index contributed by atoms with van der Waals surface area (Å²) in [6, 6.07) is 21.0. The van der Waals surface area contributed by atoms with Gasteiger partial charge in [-0.15, -0.1) is 0 Å². The van der Waals surface area contributed by atoms with Crippen molar-refractivity contribution in [2.75, 3.05) is 14.2 Å². The van der Waals surface area contributed by atoms with Crippen LogP contribution in [0.25, 0.3) is 0 Å². The molecule has 0 spiro atoms. The lowest BCUT2D eigenvalue weighted by atomic mass is 10.1. The minimum absolute atomic E-state index is 0.181. The topological polar surface area (TPSA) is 79.2 Å². The van der Waals surface area contributed by atoms with Gasteiger partial charge in [0.1, 0.15) is 17.2 Å². The second-order valence-electron chi connectivity index (χ2n) is 5.75. The summed E-state index contributed by atoms with van der Waals surface area (Å²) >= 11 is 0. The normalized spacial score (nSPS) is 9.25. The molecule has 0 aliphatic rings. The van der Waals surface area contributed by atoms with Crippen LogP contribution in [-0.4, -0.2) is 29.5 Å². The van der Waals surface area contributed by atoms with Crippen molar-refractivity contribution in [1.82, 2.24) is 0 Å². The number of aryl methyl sites for hydroxylation is 1. The summed E-state index contributed by atoms with van der Waals surface area (Å²) in [5, 5.41) is 27.1. The summed E-state index contributed by atoms with van der Waals surface area (Å²) < 4.78 is 9.63. The van der Waals surface area contributed by atoms with E-state index in [2.05, 4.69) is 6.92 Å². The lowest BCUT2D eigenvalue weighted by molar-refractivity contribution is 0.373. The highest BCUT2D eigenvalue weighted by Gasteiger charge is 1.95. The van der Waals surface area contributed by atoms with Crippen molar-refractivity contribution in [2.24, 2.45) is 0 Å². The molecular weight excluding hydrogens is 356 g/mol. The van der Waals surface area contributed by atoms with Crippen LogP contribution in [0.2, 0.25) is 0 Å². The second-order valence-corrected chi connectivity index (χ2v) is 5.75. The van der Waals surface area contributed by atoms with Gasteiger partial charge in [0, 0.05) is 6.07 Å². The monoisotopic (exact) mass is 384 g/mol. The Labute approximate surface area is 166 Å². The van der Waals surface area contributed by atoms with Gasteiger partial charge in [0.2, 0.25) is 0 Å². The third-order valence-electron chi connectivity index (χ3n) is 3.65. The zero-order valence-corrected chi connectivity index (χ0v) is 16.5. The Kier molecular flexibility index (Phi) is 10.5. The Morgan fingerprint density at radius 2 is 1.36 bits per heavy atom. The van der Waals surface area contributed by atoms with Crippen LogP contribution < -0.4 is 9.47 Å². The maximum absolute atomic E-state index is 9.24. The van der Waals surface area contributed by atoms with E-state index in [1.165, 1.54) is 7.11 Å². The number of ether oxygens (including phenoxy) is 2. The van der Waals surface area contributed by atoms with Crippen molar-refractivity contribution in [3.8, 4) is 28.7 Å². The molecule has 0 atom stereocenters. The fourth-order valence-corrected chi connectivity index (χ4v) is 2.23. The predicted octanol–water partition coefficient (Wildman–Crippen LogP) is 5.15. The number of methoxy groups -OCH3 is 2. The van der Waals surface area contributed by atoms with Gasteiger partial charge in [0.05, 0.1) is 14.2 Å². The molecule has 3 aromatic carbocycles. The molecule has 0 heterocycles. The lowest BCUT2D eigenvalue weighted by Gasteiger charge is -1.99. The molecule has 0 aromatic heterocycles. The molecule has 3 N–H and O–H groups in total. The number of aromatic hydroxyl groups is 3. The van der Waals surface area contributed by atoms with Crippen molar-refractivity contribution in [3.05, 3.63) is 78.4 Å². The number of rotatable bonds is 4. The molecule has 28 heavy (non-hydrogen) atoms. The van der Waals surface area contributed by atoms with Crippen molar-refractivity contribution in [1.29, 1.82) is 0 Å². The fourth-order valence-electron chi connectivity index (χ4n) is 2.23. The number of benzene rings is 3. The Hall–Kier alpha value is -3.34. The first kappa shape index (κ1) is 22.7. The molecule has 0 aliphatic heterocycles. The van der Waals surface area contributed by atoms with Crippen LogP contribution in [0.4, 0.5) is 0 Å². The molecule has 5 nitrogen and oxygen atoms in total. The maximum Gasteiger partial charge on any atom is 0.160 e. The number of phenolic OH excluding ortho intramolecular Hbond substituents is 3. The average molecular weight is 384 g/mol. The highest BCUT2D eigenvalue weighted by atomic mass is 16.5. The molecule has 150 valence electrons. The van der Waals surface area contributed by atoms with Crippen LogP contribution in [0, 0.1) is 0 Å². The lowest BCUT2D eigenvalue weighted by Crippen LogP contribution is -1.81. The summed E-state index contributed by atoms with van der Waals surface area (Å²) in [4.78, 5) is 0. The zero-order chi connectivity index (χ0) is 20.8. The smallest absolute Gasteiger partial charge is 0.160 e. The van der Waals surface area contributed by atoms with Gasteiger partial charge >= 0.3 is 0 Å². The van der Waals surface area contributed by atoms with Crippen LogP contribution in [-0.2, 0) is 6.42 Å². The van der Waals surface area contributed by atoms with Gasteiger partial charge in [-0.05, 0) is 42.3 Å². The van der Waals surface area contributed by atoms with Crippen molar-refractivity contribution in [3.63, 3.8) is 0 Å². The van der Waals surface area contributed by atoms with Crippen molar-refractivity contribution < 1.29 is 24.8 Å². The summed E-state index contributed by atoms with van der Waals surface area (Å²) in [6.45, 7) is 2.10. The van der Waals surface area contributed by atoms with Crippen LogP contribution >= 0.6 is 0 Å². The summed E-state index contributed by atoms with van der Waals surface area (Å²) in [6.07, 6.45) is 2.05. The predicted molar refractivity (Wildman–Crippen MR) is 111 cm³/mol. The largest absolute Gasteiger partial charge is 0.508 e. The minimum Gasteiger partial charge on any atom is -0.508 e. The first-order valence-corrected chi connectivity index (χ1v) is 8.93. The van der Waals surface area contributed by atoms with E-state index in [1.54, 1.807) is 61.7 Å². The Balaban J connectivity index is 0.000000210. The third-order valence-corrected chi connectivity index (χ3v) is 3.65. The number of hydrogen-bond donors (Lipinski definition) is 3. The SMILES string of the molecule is CCCc1ccccc1O.COc1cccc(O)c1.COc1ccccc1O. The van der Waals surface area contributed by atoms with Crippen molar-refractivity contribution >= 4 is 0 Å². The van der Waals surface area contributed by atoms with Gasteiger partial charge in [-0.2, -0.15) is 0 Å². The molecule has 0 bridgehead atoms. The Morgan fingerprint density at radius 1 is 0.714 bits per heavy atom. The summed E-state index contributed by atoms with van der Waals surface area (Å²) in [5.41, 5.74) is 1.05. The summed E-state index contributed by atoms with van der Waals surface area (Å²) in [7, 11) is 3.09. The first-order valence-electron chi connectivity index (χ1n) is 8.93. The minimum atomic E-state index is 0.181. The Morgan fingerprint density at radius 3 is 1.82 bits per heavy atom. The average Bonchev–Trinajstić information content (AvgIpc) is 2.71. The van der Waals surface area contributed by atoms with Crippen LogP contribution in [0.3, 0.4) is 0 Å². The molecule has 0 saturated heterocycles. The highest BCUT2D eigenvalue weighted by Crippen LogP contribution is 2.23. The van der Waals surface area contributed by atoms with E-state index in [-0.39, 0.29) is 11.5 Å².